The number of rotatable bonds is 2. The number of fused-ring (bicyclic) bond motifs is 1. The van der Waals surface area contributed by atoms with Crippen LogP contribution in [0.3, 0.4) is 0 Å². The van der Waals surface area contributed by atoms with Crippen LogP contribution in [0, 0.1) is 18.2 Å². The Hall–Kier alpha value is -2.45. The summed E-state index contributed by atoms with van der Waals surface area (Å²) in [7, 11) is 0. The summed E-state index contributed by atoms with van der Waals surface area (Å²) in [6, 6.07) is 0. The molecule has 0 radical (unpaired) electrons. The molecule has 2 unspecified atom stereocenters. The molecule has 0 saturated carbocycles. The fraction of sp³-hybridized carbons (Fsp3) is 0.429. The van der Waals surface area contributed by atoms with Crippen LogP contribution in [0.25, 0.3) is 11.0 Å². The summed E-state index contributed by atoms with van der Waals surface area (Å²) in [5.41, 5.74) is 8.88. The van der Waals surface area contributed by atoms with E-state index >= 15 is 0 Å². The third kappa shape index (κ3) is 2.10. The molecule has 3 heterocycles. The fourth-order valence-corrected chi connectivity index (χ4v) is 2.89. The Labute approximate surface area is 135 Å². The van der Waals surface area contributed by atoms with Crippen LogP contribution in [0.1, 0.15) is 13.2 Å². The van der Waals surface area contributed by atoms with Crippen LogP contribution in [-0.2, 0) is 4.74 Å². The topological polar surface area (TPSA) is 152 Å². The molecule has 0 aliphatic carbocycles. The van der Waals surface area contributed by atoms with Gasteiger partial charge in [0.2, 0.25) is 5.95 Å². The number of halogens is 1. The van der Waals surface area contributed by atoms with Crippen molar-refractivity contribution < 1.29 is 19.3 Å². The van der Waals surface area contributed by atoms with Crippen LogP contribution in [0.15, 0.2) is 11.0 Å². The van der Waals surface area contributed by atoms with Gasteiger partial charge in [-0.25, -0.2) is 4.39 Å². The summed E-state index contributed by atoms with van der Waals surface area (Å²) >= 11 is 0. The van der Waals surface area contributed by atoms with E-state index in [0.29, 0.717) is 0 Å². The monoisotopic (exact) mass is 337 g/mol. The predicted molar refractivity (Wildman–Crippen MR) is 82.1 cm³/mol. The molecule has 128 valence electrons. The quantitative estimate of drug-likeness (QED) is 0.414. The van der Waals surface area contributed by atoms with E-state index in [9.17, 15) is 19.4 Å². The second kappa shape index (κ2) is 5.29. The molecule has 0 aromatic carbocycles. The van der Waals surface area contributed by atoms with Gasteiger partial charge in [0.15, 0.2) is 23.2 Å². The van der Waals surface area contributed by atoms with Crippen molar-refractivity contribution in [1.29, 1.82) is 0 Å². The smallest absolute Gasteiger partial charge is 0.264 e. The number of nitrogen functional groups attached to an aromatic ring is 1. The molecule has 24 heavy (non-hydrogen) atoms. The predicted octanol–water partition coefficient (Wildman–Crippen LogP) is -1.58. The van der Waals surface area contributed by atoms with Gasteiger partial charge in [0.25, 0.3) is 5.56 Å². The second-order valence-electron chi connectivity index (χ2n) is 5.75. The van der Waals surface area contributed by atoms with Gasteiger partial charge < -0.3 is 26.4 Å². The first-order chi connectivity index (χ1) is 11.2. The number of nitrogens with zero attached hydrogens (tertiary/aromatic N) is 2. The average molecular weight is 337 g/mol. The number of terminal acetylenes is 1. The van der Waals surface area contributed by atoms with Crippen LogP contribution in [0.5, 0.6) is 0 Å². The van der Waals surface area contributed by atoms with Gasteiger partial charge in [-0.05, 0) is 6.92 Å². The molecule has 10 heteroatoms. The van der Waals surface area contributed by atoms with Crippen LogP contribution in [-0.4, -0.2) is 48.6 Å². The molecule has 2 aromatic heterocycles. The van der Waals surface area contributed by atoms with Gasteiger partial charge in [-0.3, -0.25) is 14.3 Å². The Balaban J connectivity index is 2.24. The average Bonchev–Trinajstić information content (AvgIpc) is 2.95. The Morgan fingerprint density at radius 1 is 1.67 bits per heavy atom. The Morgan fingerprint density at radius 2 is 2.33 bits per heavy atom. The molecule has 0 amide bonds. The van der Waals surface area contributed by atoms with Crippen LogP contribution < -0.4 is 17.0 Å². The lowest BCUT2D eigenvalue weighted by molar-refractivity contribution is -0.0756. The van der Waals surface area contributed by atoms with Gasteiger partial charge in [-0.1, -0.05) is 5.92 Å². The number of ether oxygens (including phenoxy) is 1. The van der Waals surface area contributed by atoms with Crippen LogP contribution >= 0.6 is 0 Å². The van der Waals surface area contributed by atoms with Crippen molar-refractivity contribution in [3.8, 4) is 12.3 Å². The number of aliphatic hydroxyl groups excluding tert-OH is 2. The molecule has 0 bridgehead atoms. The highest BCUT2D eigenvalue weighted by atomic mass is 19.1. The van der Waals surface area contributed by atoms with E-state index in [-0.39, 0.29) is 17.0 Å². The Bertz CT molecular complexity index is 901. The number of hydrogen-bond donors (Lipinski definition) is 5. The lowest BCUT2D eigenvalue weighted by Gasteiger charge is -2.27. The molecule has 5 atom stereocenters. The van der Waals surface area contributed by atoms with Crippen LogP contribution in [0.2, 0.25) is 0 Å². The zero-order valence-corrected chi connectivity index (χ0v) is 12.6. The lowest BCUT2D eigenvalue weighted by Crippen LogP contribution is -2.54. The van der Waals surface area contributed by atoms with E-state index in [0.717, 1.165) is 10.8 Å². The van der Waals surface area contributed by atoms with Crippen LogP contribution in [0.4, 0.5) is 10.3 Å². The molecule has 1 fully saturated rings. The minimum absolute atomic E-state index is 0.137. The maximum absolute atomic E-state index is 14.2. The normalized spacial score (nSPS) is 31.2. The molecule has 1 aliphatic rings. The molecule has 2 aromatic rings. The number of nitrogens with one attached hydrogen (secondary N) is 1. The van der Waals surface area contributed by atoms with E-state index in [1.165, 1.54) is 6.92 Å². The molecule has 1 aliphatic heterocycles. The van der Waals surface area contributed by atoms with Crippen molar-refractivity contribution in [2.45, 2.75) is 37.0 Å². The second-order valence-corrected chi connectivity index (χ2v) is 5.75. The third-order valence-electron chi connectivity index (χ3n) is 4.13. The molecule has 1 saturated heterocycles. The van der Waals surface area contributed by atoms with E-state index < -0.39 is 41.5 Å². The zero-order valence-electron chi connectivity index (χ0n) is 12.6. The molecule has 3 rings (SSSR count). The minimum atomic E-state index is -1.78. The maximum atomic E-state index is 14.2. The SMILES string of the molecule is C#CC1(N)C(O)[C@@H]([C@@H](C)O)O[C@H]1n1cc(F)c2c(=O)[nH]c(N)nc21. The number of H-pyrrole nitrogens is 1. The highest BCUT2D eigenvalue weighted by molar-refractivity contribution is 5.77. The molecular weight excluding hydrogens is 321 g/mol. The van der Waals surface area contributed by atoms with E-state index in [1.54, 1.807) is 0 Å². The Kier molecular flexibility index (Phi) is 3.61. The zero-order chi connectivity index (χ0) is 17.8. The van der Waals surface area contributed by atoms with Gasteiger partial charge in [0.05, 0.1) is 6.10 Å². The van der Waals surface area contributed by atoms with E-state index in [4.69, 9.17) is 22.6 Å². The summed E-state index contributed by atoms with van der Waals surface area (Å²) < 4.78 is 20.8. The van der Waals surface area contributed by atoms with Gasteiger partial charge >= 0.3 is 0 Å². The summed E-state index contributed by atoms with van der Waals surface area (Å²) in [6.07, 6.45) is 1.50. The van der Waals surface area contributed by atoms with Crippen molar-refractivity contribution in [2.75, 3.05) is 5.73 Å². The molecule has 0 spiro atoms. The Morgan fingerprint density at radius 3 is 2.92 bits per heavy atom. The first-order valence-corrected chi connectivity index (χ1v) is 7.04. The number of aromatic nitrogens is 3. The van der Waals surface area contributed by atoms with E-state index in [1.807, 2.05) is 0 Å². The summed E-state index contributed by atoms with van der Waals surface area (Å²) in [5.74, 6) is 1.12. The van der Waals surface area contributed by atoms with Crippen molar-refractivity contribution in [1.82, 2.24) is 14.5 Å². The standard InChI is InChI=1S/C14H16FN5O4/c1-3-14(17)9(22)8(5(2)21)24-12(14)20-4-6(15)7-10(20)18-13(16)19-11(7)23/h1,4-5,8-9,12,21-22H,17H2,2H3,(H3,16,18,19,23)/t5-,8-,9?,12-,14?/m1/s1. The molecular formula is C14H16FN5O4. The van der Waals surface area contributed by atoms with Gasteiger partial charge in [0.1, 0.15) is 17.6 Å². The largest absolute Gasteiger partial charge is 0.391 e. The number of aromatic amines is 1. The van der Waals surface area contributed by atoms with Gasteiger partial charge in [0, 0.05) is 6.20 Å². The lowest BCUT2D eigenvalue weighted by atomic mass is 9.90. The van der Waals surface area contributed by atoms with Crippen molar-refractivity contribution >= 4 is 17.0 Å². The maximum Gasteiger partial charge on any atom is 0.264 e. The number of hydrogen-bond acceptors (Lipinski definition) is 7. The highest BCUT2D eigenvalue weighted by Crippen LogP contribution is 2.39. The number of anilines is 1. The summed E-state index contributed by atoms with van der Waals surface area (Å²) in [6.45, 7) is 1.39. The number of aliphatic hydroxyl groups is 2. The molecule has 7 N–H and O–H groups in total. The highest BCUT2D eigenvalue weighted by Gasteiger charge is 2.55. The van der Waals surface area contributed by atoms with Gasteiger partial charge in [-0.15, -0.1) is 6.42 Å². The fourth-order valence-electron chi connectivity index (χ4n) is 2.89. The minimum Gasteiger partial charge on any atom is -0.391 e. The van der Waals surface area contributed by atoms with Crippen molar-refractivity contribution in [2.24, 2.45) is 5.73 Å². The summed E-state index contributed by atoms with van der Waals surface area (Å²) in [5, 5.41) is 19.7. The first-order valence-electron chi connectivity index (χ1n) is 7.04. The first kappa shape index (κ1) is 16.4. The number of nitrogens with two attached hydrogens (primary N) is 2. The van der Waals surface area contributed by atoms with Gasteiger partial charge in [-0.2, -0.15) is 4.98 Å². The third-order valence-corrected chi connectivity index (χ3v) is 4.13. The summed E-state index contributed by atoms with van der Waals surface area (Å²) in [4.78, 5) is 18.0. The van der Waals surface area contributed by atoms with E-state index in [2.05, 4.69) is 15.9 Å². The van der Waals surface area contributed by atoms with Crippen molar-refractivity contribution in [3.63, 3.8) is 0 Å². The van der Waals surface area contributed by atoms with Crippen molar-refractivity contribution in [3.05, 3.63) is 22.4 Å². The molecule has 9 nitrogen and oxygen atoms in total.